The second-order valence-corrected chi connectivity index (χ2v) is 4.26. The quantitative estimate of drug-likeness (QED) is 0.583. The van der Waals surface area contributed by atoms with Crippen LogP contribution in [-0.2, 0) is 4.79 Å². The van der Waals surface area contributed by atoms with E-state index in [4.69, 9.17) is 0 Å². The highest BCUT2D eigenvalue weighted by molar-refractivity contribution is 5.68. The van der Waals surface area contributed by atoms with Gasteiger partial charge in [0.05, 0.1) is 27.1 Å². The molecule has 0 aliphatic carbocycles. The van der Waals surface area contributed by atoms with Crippen LogP contribution in [0.4, 0.5) is 0 Å². The Bertz CT molecular complexity index is 152. The Morgan fingerprint density at radius 1 is 1.08 bits per heavy atom. The van der Waals surface area contributed by atoms with Crippen LogP contribution in [0.25, 0.3) is 0 Å². The van der Waals surface area contributed by atoms with E-state index in [9.17, 15) is 4.79 Å². The van der Waals surface area contributed by atoms with Gasteiger partial charge in [0.2, 0.25) is 0 Å². The zero-order valence-electron chi connectivity index (χ0n) is 9.60. The summed E-state index contributed by atoms with van der Waals surface area (Å²) >= 11 is 0. The predicted molar refractivity (Wildman–Crippen MR) is 56.4 cm³/mol. The molecule has 0 aliphatic rings. The van der Waals surface area contributed by atoms with Crippen molar-refractivity contribution < 1.29 is 9.28 Å². The van der Waals surface area contributed by atoms with Crippen molar-refractivity contribution in [3.63, 3.8) is 0 Å². The van der Waals surface area contributed by atoms with Crippen molar-refractivity contribution in [2.24, 2.45) is 0 Å². The second-order valence-electron chi connectivity index (χ2n) is 4.26. The number of carbonyl (C=O) groups is 1. The van der Waals surface area contributed by atoms with E-state index in [2.05, 4.69) is 13.8 Å². The molecule has 1 amide bonds. The molecule has 0 aliphatic heterocycles. The summed E-state index contributed by atoms with van der Waals surface area (Å²) < 4.78 is 0.563. The van der Waals surface area contributed by atoms with Crippen molar-refractivity contribution >= 4 is 5.91 Å². The van der Waals surface area contributed by atoms with Crippen LogP contribution in [0.15, 0.2) is 0 Å². The molecular formula is C11H24NO+. The first-order valence-electron chi connectivity index (χ1n) is 5.41. The van der Waals surface area contributed by atoms with Gasteiger partial charge in [0.15, 0.2) is 0 Å². The number of hydrogen-bond donors (Lipinski definition) is 0. The zero-order valence-corrected chi connectivity index (χ0v) is 9.60. The predicted octanol–water partition coefficient (Wildman–Crippen LogP) is 2.58. The van der Waals surface area contributed by atoms with E-state index in [1.165, 1.54) is 6.42 Å². The Morgan fingerprint density at radius 2 is 1.62 bits per heavy atom. The maximum Gasteiger partial charge on any atom is 0.313 e. The molecule has 0 rings (SSSR count). The molecule has 0 aromatic rings. The topological polar surface area (TPSA) is 17.1 Å². The van der Waals surface area contributed by atoms with Gasteiger partial charge in [-0.3, -0.25) is 4.48 Å². The number of amides is 1. The first kappa shape index (κ1) is 12.6. The fourth-order valence-electron chi connectivity index (χ4n) is 1.31. The number of quaternary nitrogens is 1. The lowest BCUT2D eigenvalue weighted by atomic mass is 10.2. The van der Waals surface area contributed by atoms with Gasteiger partial charge in [-0.15, -0.1) is 0 Å². The highest BCUT2D eigenvalue weighted by atomic mass is 16.2. The standard InChI is InChI=1S/C11H24NO/c1-5-7-9-11(13)12(3,4)10-8-6-2/h5-10H2,1-4H3/q+1. The van der Waals surface area contributed by atoms with Crippen LogP contribution < -0.4 is 0 Å². The molecule has 0 aromatic carbocycles. The van der Waals surface area contributed by atoms with Crippen molar-refractivity contribution in [2.75, 3.05) is 20.6 Å². The molecule has 0 unspecified atom stereocenters. The number of nitrogens with zero attached hydrogens (tertiary/aromatic N) is 1. The van der Waals surface area contributed by atoms with Gasteiger partial charge in [0.25, 0.3) is 0 Å². The molecule has 13 heavy (non-hydrogen) atoms. The van der Waals surface area contributed by atoms with Gasteiger partial charge in [-0.2, -0.15) is 0 Å². The fraction of sp³-hybridized carbons (Fsp3) is 0.909. The molecule has 0 fully saturated rings. The maximum absolute atomic E-state index is 11.7. The minimum absolute atomic E-state index is 0.385. The summed E-state index contributed by atoms with van der Waals surface area (Å²) in [6.45, 7) is 5.27. The van der Waals surface area contributed by atoms with Crippen LogP contribution in [0.3, 0.4) is 0 Å². The van der Waals surface area contributed by atoms with Crippen LogP contribution in [0.1, 0.15) is 46.0 Å². The molecule has 2 heteroatoms. The highest BCUT2D eigenvalue weighted by Gasteiger charge is 2.24. The van der Waals surface area contributed by atoms with Crippen LogP contribution in [-0.4, -0.2) is 31.0 Å². The molecule has 0 atom stereocenters. The fourth-order valence-corrected chi connectivity index (χ4v) is 1.31. The van der Waals surface area contributed by atoms with Crippen molar-refractivity contribution in [3.8, 4) is 0 Å². The van der Waals surface area contributed by atoms with Gasteiger partial charge >= 0.3 is 5.91 Å². The lowest BCUT2D eigenvalue weighted by Gasteiger charge is -2.26. The van der Waals surface area contributed by atoms with Crippen LogP contribution >= 0.6 is 0 Å². The van der Waals surface area contributed by atoms with E-state index < -0.39 is 0 Å². The van der Waals surface area contributed by atoms with Crippen LogP contribution in [0, 0.1) is 0 Å². The van der Waals surface area contributed by atoms with Gasteiger partial charge in [0, 0.05) is 0 Å². The lowest BCUT2D eigenvalue weighted by Crippen LogP contribution is -2.46. The van der Waals surface area contributed by atoms with Gasteiger partial charge < -0.3 is 0 Å². The summed E-state index contributed by atoms with van der Waals surface area (Å²) in [5.74, 6) is 0.385. The van der Waals surface area contributed by atoms with Crippen molar-refractivity contribution in [1.29, 1.82) is 0 Å². The monoisotopic (exact) mass is 186 g/mol. The van der Waals surface area contributed by atoms with E-state index in [0.29, 0.717) is 10.4 Å². The Kier molecular flexibility index (Phi) is 5.97. The first-order chi connectivity index (χ1) is 6.04. The number of hydrogen-bond acceptors (Lipinski definition) is 1. The number of rotatable bonds is 6. The van der Waals surface area contributed by atoms with Crippen LogP contribution in [0.2, 0.25) is 0 Å². The molecule has 78 valence electrons. The molecule has 0 bridgehead atoms. The highest BCUT2D eigenvalue weighted by Crippen LogP contribution is 2.07. The summed E-state index contributed by atoms with van der Waals surface area (Å²) in [6.07, 6.45) is 5.20. The third-order valence-electron chi connectivity index (χ3n) is 2.49. The first-order valence-corrected chi connectivity index (χ1v) is 5.41. The summed E-state index contributed by atoms with van der Waals surface area (Å²) in [5, 5.41) is 0. The van der Waals surface area contributed by atoms with Gasteiger partial charge in [-0.05, 0) is 12.8 Å². The Labute approximate surface area is 82.5 Å². The average Bonchev–Trinajstić information content (AvgIpc) is 2.10. The molecule has 0 spiro atoms. The summed E-state index contributed by atoms with van der Waals surface area (Å²) in [4.78, 5) is 11.7. The van der Waals surface area contributed by atoms with Crippen molar-refractivity contribution in [3.05, 3.63) is 0 Å². The molecule has 0 radical (unpaired) electrons. The smallest absolute Gasteiger partial charge is 0.265 e. The molecule has 0 N–H and O–H groups in total. The summed E-state index contributed by atoms with van der Waals surface area (Å²) in [6, 6.07) is 0. The second kappa shape index (κ2) is 6.14. The summed E-state index contributed by atoms with van der Waals surface area (Å²) in [5.41, 5.74) is 0. The zero-order chi connectivity index (χ0) is 10.3. The molecule has 0 saturated carbocycles. The number of unbranched alkanes of at least 4 members (excludes halogenated alkanes) is 2. The normalized spacial score (nSPS) is 11.7. The van der Waals surface area contributed by atoms with E-state index in [-0.39, 0.29) is 0 Å². The van der Waals surface area contributed by atoms with Gasteiger partial charge in [-0.25, -0.2) is 4.79 Å². The maximum atomic E-state index is 11.7. The van der Waals surface area contributed by atoms with Gasteiger partial charge in [0.1, 0.15) is 0 Å². The third-order valence-corrected chi connectivity index (χ3v) is 2.49. The van der Waals surface area contributed by atoms with Gasteiger partial charge in [-0.1, -0.05) is 26.7 Å². The Balaban J connectivity index is 3.87. The Morgan fingerprint density at radius 3 is 2.08 bits per heavy atom. The third kappa shape index (κ3) is 5.04. The van der Waals surface area contributed by atoms with E-state index in [0.717, 1.165) is 32.2 Å². The summed E-state index contributed by atoms with van der Waals surface area (Å²) in [7, 11) is 4.04. The Hall–Kier alpha value is -0.370. The molecule has 0 heterocycles. The van der Waals surface area contributed by atoms with Crippen molar-refractivity contribution in [2.45, 2.75) is 46.0 Å². The minimum atomic E-state index is 0.385. The molecule has 0 saturated heterocycles. The molecular weight excluding hydrogens is 162 g/mol. The van der Waals surface area contributed by atoms with Crippen LogP contribution in [0.5, 0.6) is 0 Å². The molecule has 0 aromatic heterocycles. The SMILES string of the molecule is CCCCC(=O)[N+](C)(C)CCCC. The van der Waals surface area contributed by atoms with Crippen molar-refractivity contribution in [1.82, 2.24) is 0 Å². The van der Waals surface area contributed by atoms with E-state index in [1.807, 2.05) is 14.1 Å². The largest absolute Gasteiger partial charge is 0.313 e. The average molecular weight is 186 g/mol. The minimum Gasteiger partial charge on any atom is -0.265 e. The van der Waals surface area contributed by atoms with E-state index in [1.54, 1.807) is 0 Å². The number of carbonyl (C=O) groups excluding carboxylic acids is 1. The van der Waals surface area contributed by atoms with E-state index >= 15 is 0 Å². The molecule has 2 nitrogen and oxygen atoms in total. The lowest BCUT2D eigenvalue weighted by molar-refractivity contribution is -0.814.